The van der Waals surface area contributed by atoms with E-state index < -0.39 is 62.7 Å². The van der Waals surface area contributed by atoms with Crippen LogP contribution in [-0.2, 0) is 35.2 Å². The standard InChI is InChI=1S/C24H58O8Si6/c1-22(2)24(25)27-21-23(28-38(16,31-35(9,10)11)32-36(12,13)14)20-26-18-17-19-37(15,29-33(3,4)5)30-34(6,7)8/h23H,1,17-21H2,2-16H3. The molecule has 0 aromatic heterocycles. The zero-order valence-corrected chi connectivity index (χ0v) is 33.1. The van der Waals surface area contributed by atoms with E-state index in [9.17, 15) is 4.79 Å². The fourth-order valence-corrected chi connectivity index (χ4v) is 27.1. The highest BCUT2D eigenvalue weighted by Gasteiger charge is 2.45. The van der Waals surface area contributed by atoms with Crippen LogP contribution < -0.4 is 0 Å². The highest BCUT2D eigenvalue weighted by molar-refractivity contribution is 6.87. The largest absolute Gasteiger partial charge is 0.477 e. The van der Waals surface area contributed by atoms with Gasteiger partial charge in [-0.05, 0) is 104 Å². The lowest BCUT2D eigenvalue weighted by atomic mass is 10.3. The Labute approximate surface area is 240 Å². The minimum absolute atomic E-state index is 0.0440. The summed E-state index contributed by atoms with van der Waals surface area (Å²) in [6, 6.07) is 0.863. The highest BCUT2D eigenvalue weighted by atomic mass is 28.5. The van der Waals surface area contributed by atoms with Gasteiger partial charge in [0.1, 0.15) is 12.7 Å². The SMILES string of the molecule is C=C(C)C(=O)OCC(COCCC[Si](C)(O[Si](C)(C)C)O[Si](C)(C)C)O[Si](C)(O[Si](C)(C)C)O[Si](C)(C)C. The third kappa shape index (κ3) is 20.2. The molecule has 0 aromatic carbocycles. The monoisotopic (exact) mass is 642 g/mol. The number of carbonyl (C=O) groups excluding carboxylic acids is 1. The first-order valence-electron chi connectivity index (χ1n) is 13.6. The third-order valence-electron chi connectivity index (χ3n) is 4.38. The fourth-order valence-electron chi connectivity index (χ4n) is 4.02. The van der Waals surface area contributed by atoms with E-state index >= 15 is 0 Å². The van der Waals surface area contributed by atoms with Crippen LogP contribution in [0.5, 0.6) is 0 Å². The van der Waals surface area contributed by atoms with E-state index in [0.717, 1.165) is 12.5 Å². The zero-order chi connectivity index (χ0) is 30.2. The summed E-state index contributed by atoms with van der Waals surface area (Å²) >= 11 is 0. The number of esters is 1. The van der Waals surface area contributed by atoms with E-state index in [1.807, 2.05) is 6.55 Å². The molecule has 0 amide bonds. The van der Waals surface area contributed by atoms with Crippen LogP contribution >= 0.6 is 0 Å². The van der Waals surface area contributed by atoms with Crippen LogP contribution in [0.1, 0.15) is 13.3 Å². The summed E-state index contributed by atoms with van der Waals surface area (Å²) in [5, 5.41) is 0. The Hall–Kier alpha value is 0.271. The van der Waals surface area contributed by atoms with Gasteiger partial charge in [-0.3, -0.25) is 0 Å². The van der Waals surface area contributed by atoms with Crippen molar-refractivity contribution in [2.75, 3.05) is 19.8 Å². The Bertz CT molecular complexity index is 721. The summed E-state index contributed by atoms with van der Waals surface area (Å²) < 4.78 is 44.2. The van der Waals surface area contributed by atoms with Crippen molar-refractivity contribution in [3.8, 4) is 0 Å². The number of rotatable bonds is 19. The summed E-state index contributed by atoms with van der Waals surface area (Å²) in [5.41, 5.74) is 0.343. The van der Waals surface area contributed by atoms with Gasteiger partial charge in [-0.25, -0.2) is 4.79 Å². The van der Waals surface area contributed by atoms with Gasteiger partial charge in [0.15, 0.2) is 33.3 Å². The molecule has 38 heavy (non-hydrogen) atoms. The summed E-state index contributed by atoms with van der Waals surface area (Å²) in [6.07, 6.45) is 0.310. The lowest BCUT2D eigenvalue weighted by molar-refractivity contribution is -0.143. The molecule has 0 aliphatic rings. The summed E-state index contributed by atoms with van der Waals surface area (Å²) in [7, 11) is -12.8. The Morgan fingerprint density at radius 2 is 1.11 bits per heavy atom. The molecule has 0 radical (unpaired) electrons. The second-order valence-corrected chi connectivity index (χ2v) is 39.0. The van der Waals surface area contributed by atoms with Crippen molar-refractivity contribution in [3.63, 3.8) is 0 Å². The normalized spacial score (nSPS) is 14.9. The van der Waals surface area contributed by atoms with Crippen LogP contribution in [0.25, 0.3) is 0 Å². The van der Waals surface area contributed by atoms with Crippen LogP contribution in [0.15, 0.2) is 12.2 Å². The van der Waals surface area contributed by atoms with Crippen molar-refractivity contribution < 1.29 is 35.2 Å². The molecular weight excluding hydrogens is 585 g/mol. The summed E-state index contributed by atoms with van der Waals surface area (Å²) in [6.45, 7) is 36.2. The minimum atomic E-state index is -3.03. The van der Waals surface area contributed by atoms with Crippen molar-refractivity contribution in [1.82, 2.24) is 0 Å². The molecule has 0 spiro atoms. The average Bonchev–Trinajstić information content (AvgIpc) is 2.58. The molecule has 1 unspecified atom stereocenters. The van der Waals surface area contributed by atoms with Crippen molar-refractivity contribution in [3.05, 3.63) is 12.2 Å². The third-order valence-corrected chi connectivity index (χ3v) is 22.6. The predicted molar refractivity (Wildman–Crippen MR) is 172 cm³/mol. The van der Waals surface area contributed by atoms with E-state index in [1.54, 1.807) is 6.92 Å². The van der Waals surface area contributed by atoms with Crippen molar-refractivity contribution in [1.29, 1.82) is 0 Å². The predicted octanol–water partition coefficient (Wildman–Crippen LogP) is 6.94. The molecular formula is C24H58O8Si6. The molecule has 0 saturated heterocycles. The molecule has 0 aromatic rings. The Kier molecular flexibility index (Phi) is 15.1. The van der Waals surface area contributed by atoms with E-state index in [-0.39, 0.29) is 13.2 Å². The van der Waals surface area contributed by atoms with Gasteiger partial charge in [-0.15, -0.1) is 0 Å². The van der Waals surface area contributed by atoms with Gasteiger partial charge in [0.2, 0.25) is 0 Å². The lowest BCUT2D eigenvalue weighted by Crippen LogP contribution is -2.57. The van der Waals surface area contributed by atoms with Gasteiger partial charge in [-0.2, -0.15) is 0 Å². The van der Waals surface area contributed by atoms with Gasteiger partial charge >= 0.3 is 23.3 Å². The smallest absolute Gasteiger partial charge is 0.460 e. The highest BCUT2D eigenvalue weighted by Crippen LogP contribution is 2.26. The maximum Gasteiger partial charge on any atom is 0.477 e. The average molecular weight is 643 g/mol. The van der Waals surface area contributed by atoms with Gasteiger partial charge in [0, 0.05) is 18.7 Å². The molecule has 14 heteroatoms. The molecule has 1 atom stereocenters. The fraction of sp³-hybridized carbons (Fsp3) is 0.875. The molecule has 226 valence electrons. The maximum atomic E-state index is 12.1. The molecule has 0 bridgehead atoms. The van der Waals surface area contributed by atoms with Crippen molar-refractivity contribution in [2.24, 2.45) is 0 Å². The van der Waals surface area contributed by atoms with Crippen molar-refractivity contribution >= 4 is 56.6 Å². The van der Waals surface area contributed by atoms with E-state index in [0.29, 0.717) is 12.2 Å². The van der Waals surface area contributed by atoms with Crippen LogP contribution in [0.2, 0.25) is 97.7 Å². The number of hydrogen-bond donors (Lipinski definition) is 0. The Balaban J connectivity index is 5.44. The Morgan fingerprint density at radius 1 is 0.684 bits per heavy atom. The van der Waals surface area contributed by atoms with Crippen LogP contribution in [-0.4, -0.2) is 82.5 Å². The number of hydrogen-bond acceptors (Lipinski definition) is 8. The first-order chi connectivity index (χ1) is 16.7. The Morgan fingerprint density at radius 3 is 1.47 bits per heavy atom. The molecule has 0 fully saturated rings. The molecule has 0 rings (SSSR count). The molecule has 0 aliphatic carbocycles. The molecule has 8 nitrogen and oxygen atoms in total. The summed E-state index contributed by atoms with van der Waals surface area (Å²) in [5.74, 6) is -0.451. The first kappa shape index (κ1) is 38.3. The topological polar surface area (TPSA) is 81.7 Å². The minimum Gasteiger partial charge on any atom is -0.460 e. The molecule has 0 heterocycles. The van der Waals surface area contributed by atoms with Gasteiger partial charge < -0.3 is 30.4 Å². The number of ether oxygens (including phenoxy) is 2. The molecule has 0 saturated carbocycles. The van der Waals surface area contributed by atoms with E-state index in [4.69, 9.17) is 30.4 Å². The van der Waals surface area contributed by atoms with Gasteiger partial charge in [-0.1, -0.05) is 6.58 Å². The first-order valence-corrected chi connectivity index (χ1v) is 32.0. The van der Waals surface area contributed by atoms with Crippen LogP contribution in [0, 0.1) is 0 Å². The molecule has 0 N–H and O–H groups in total. The van der Waals surface area contributed by atoms with Gasteiger partial charge in [0.05, 0.1) is 6.61 Å². The van der Waals surface area contributed by atoms with Crippen molar-refractivity contribution in [2.45, 2.75) is 117 Å². The maximum absolute atomic E-state index is 12.1. The number of carbonyl (C=O) groups is 1. The van der Waals surface area contributed by atoms with E-state index in [1.165, 1.54) is 0 Å². The van der Waals surface area contributed by atoms with E-state index in [2.05, 4.69) is 91.7 Å². The lowest BCUT2D eigenvalue weighted by Gasteiger charge is -2.39. The second-order valence-electron chi connectivity index (χ2n) is 14.2. The van der Waals surface area contributed by atoms with Crippen LogP contribution in [0.4, 0.5) is 0 Å². The van der Waals surface area contributed by atoms with Crippen LogP contribution in [0.3, 0.4) is 0 Å². The quantitative estimate of drug-likeness (QED) is 0.0649. The molecule has 0 aliphatic heterocycles. The van der Waals surface area contributed by atoms with Gasteiger partial charge in [0.25, 0.3) is 0 Å². The zero-order valence-electron chi connectivity index (χ0n) is 27.1. The second kappa shape index (κ2) is 14.9. The summed E-state index contributed by atoms with van der Waals surface area (Å²) in [4.78, 5) is 12.1.